The van der Waals surface area contributed by atoms with Gasteiger partial charge in [0.25, 0.3) is 0 Å². The van der Waals surface area contributed by atoms with E-state index < -0.39 is 0 Å². The van der Waals surface area contributed by atoms with Gasteiger partial charge in [-0.15, -0.1) is 0 Å². The molecule has 5 heteroatoms. The molecule has 1 aliphatic rings. The summed E-state index contributed by atoms with van der Waals surface area (Å²) in [6.07, 6.45) is 12.9. The molecule has 186 valence electrons. The zero-order valence-corrected chi connectivity index (χ0v) is 21.3. The van der Waals surface area contributed by atoms with Gasteiger partial charge < -0.3 is 14.8 Å². The SMILES string of the molecule is CCCCCCCCCC(=O)Oc1cc(Cl)ccc1OC(CC1CCCCN1)c1ccccc1. The van der Waals surface area contributed by atoms with Gasteiger partial charge in [-0.1, -0.05) is 93.8 Å². The molecule has 4 nitrogen and oxygen atoms in total. The molecule has 2 aromatic carbocycles. The van der Waals surface area contributed by atoms with Crippen LogP contribution in [0.1, 0.15) is 95.6 Å². The van der Waals surface area contributed by atoms with Crippen molar-refractivity contribution >= 4 is 17.6 Å². The Morgan fingerprint density at radius 3 is 2.50 bits per heavy atom. The molecule has 2 atom stereocenters. The monoisotopic (exact) mass is 485 g/mol. The molecule has 0 radical (unpaired) electrons. The zero-order valence-electron chi connectivity index (χ0n) is 20.6. The lowest BCUT2D eigenvalue weighted by atomic mass is 9.95. The Morgan fingerprint density at radius 1 is 1.00 bits per heavy atom. The highest BCUT2D eigenvalue weighted by Gasteiger charge is 2.23. The number of ether oxygens (including phenoxy) is 2. The van der Waals surface area contributed by atoms with E-state index >= 15 is 0 Å². The number of hydrogen-bond donors (Lipinski definition) is 1. The lowest BCUT2D eigenvalue weighted by Crippen LogP contribution is -2.36. The van der Waals surface area contributed by atoms with Gasteiger partial charge in [0.05, 0.1) is 0 Å². The van der Waals surface area contributed by atoms with Crippen LogP contribution in [-0.2, 0) is 4.79 Å². The Kier molecular flexibility index (Phi) is 11.8. The van der Waals surface area contributed by atoms with Gasteiger partial charge in [0.1, 0.15) is 6.10 Å². The molecular weight excluding hydrogens is 446 g/mol. The highest BCUT2D eigenvalue weighted by molar-refractivity contribution is 6.30. The molecule has 1 N–H and O–H groups in total. The molecule has 0 bridgehead atoms. The van der Waals surface area contributed by atoms with Crippen LogP contribution in [0.4, 0.5) is 0 Å². The van der Waals surface area contributed by atoms with E-state index in [0.717, 1.165) is 37.8 Å². The Bertz CT molecular complexity index is 852. The Labute approximate surface area is 210 Å². The maximum absolute atomic E-state index is 12.6. The number of carbonyl (C=O) groups excluding carboxylic acids is 1. The second-order valence-electron chi connectivity index (χ2n) is 9.34. The van der Waals surface area contributed by atoms with Crippen LogP contribution in [-0.4, -0.2) is 18.6 Å². The third-order valence-corrected chi connectivity index (χ3v) is 6.70. The van der Waals surface area contributed by atoms with Crippen molar-refractivity contribution in [3.8, 4) is 11.5 Å². The van der Waals surface area contributed by atoms with Crippen LogP contribution >= 0.6 is 11.6 Å². The third kappa shape index (κ3) is 9.31. The van der Waals surface area contributed by atoms with Crippen LogP contribution in [0.2, 0.25) is 5.02 Å². The summed E-state index contributed by atoms with van der Waals surface area (Å²) in [7, 11) is 0. The van der Waals surface area contributed by atoms with Crippen molar-refractivity contribution in [2.45, 2.75) is 96.1 Å². The molecule has 3 rings (SSSR count). The van der Waals surface area contributed by atoms with Crippen molar-refractivity contribution < 1.29 is 14.3 Å². The first-order chi connectivity index (χ1) is 16.7. The van der Waals surface area contributed by atoms with E-state index in [9.17, 15) is 4.79 Å². The van der Waals surface area contributed by atoms with Crippen molar-refractivity contribution in [1.29, 1.82) is 0 Å². The number of benzene rings is 2. The highest BCUT2D eigenvalue weighted by atomic mass is 35.5. The van der Waals surface area contributed by atoms with Crippen LogP contribution in [0, 0.1) is 0 Å². The van der Waals surface area contributed by atoms with Gasteiger partial charge in [0.2, 0.25) is 0 Å². The maximum atomic E-state index is 12.6. The van der Waals surface area contributed by atoms with Gasteiger partial charge >= 0.3 is 5.97 Å². The van der Waals surface area contributed by atoms with Crippen LogP contribution < -0.4 is 14.8 Å². The van der Waals surface area contributed by atoms with E-state index in [1.165, 1.54) is 44.9 Å². The molecule has 1 aliphatic heterocycles. The number of hydrogen-bond acceptors (Lipinski definition) is 4. The van der Waals surface area contributed by atoms with E-state index in [0.29, 0.717) is 29.0 Å². The first-order valence-corrected chi connectivity index (χ1v) is 13.5. The fraction of sp³-hybridized carbons (Fsp3) is 0.552. The predicted molar refractivity (Wildman–Crippen MR) is 140 cm³/mol. The Morgan fingerprint density at radius 2 is 1.76 bits per heavy atom. The second kappa shape index (κ2) is 15.1. The summed E-state index contributed by atoms with van der Waals surface area (Å²) in [5.41, 5.74) is 1.12. The molecular formula is C29H40ClNO3. The topological polar surface area (TPSA) is 47.6 Å². The predicted octanol–water partition coefficient (Wildman–Crippen LogP) is 8.04. The Hall–Kier alpha value is -2.04. The quantitative estimate of drug-likeness (QED) is 0.167. The molecule has 1 heterocycles. The minimum atomic E-state index is -0.231. The molecule has 2 aromatic rings. The molecule has 1 fully saturated rings. The molecule has 0 saturated carbocycles. The van der Waals surface area contributed by atoms with E-state index in [1.54, 1.807) is 12.1 Å². The van der Waals surface area contributed by atoms with E-state index in [4.69, 9.17) is 21.1 Å². The summed E-state index contributed by atoms with van der Waals surface area (Å²) in [4.78, 5) is 12.6. The molecule has 0 aromatic heterocycles. The molecule has 0 spiro atoms. The van der Waals surface area contributed by atoms with E-state index in [-0.39, 0.29) is 12.1 Å². The minimum absolute atomic E-state index is 0.140. The summed E-state index contributed by atoms with van der Waals surface area (Å²) in [5, 5.41) is 4.14. The van der Waals surface area contributed by atoms with Crippen molar-refractivity contribution in [1.82, 2.24) is 5.32 Å². The number of unbranched alkanes of at least 4 members (excludes halogenated alkanes) is 6. The fourth-order valence-electron chi connectivity index (χ4n) is 4.52. The van der Waals surface area contributed by atoms with Crippen molar-refractivity contribution in [3.63, 3.8) is 0 Å². The number of nitrogens with one attached hydrogen (secondary N) is 1. The number of piperidine rings is 1. The zero-order chi connectivity index (χ0) is 24.0. The summed E-state index contributed by atoms with van der Waals surface area (Å²) < 4.78 is 12.2. The average molecular weight is 486 g/mol. The number of rotatable bonds is 14. The highest BCUT2D eigenvalue weighted by Crippen LogP contribution is 2.36. The lowest BCUT2D eigenvalue weighted by molar-refractivity contribution is -0.134. The van der Waals surface area contributed by atoms with Gasteiger partial charge in [-0.3, -0.25) is 4.79 Å². The largest absolute Gasteiger partial charge is 0.482 e. The number of esters is 1. The van der Waals surface area contributed by atoms with Crippen LogP contribution in [0.3, 0.4) is 0 Å². The Balaban J connectivity index is 1.61. The minimum Gasteiger partial charge on any atom is -0.482 e. The first kappa shape index (κ1) is 26.6. The number of carbonyl (C=O) groups is 1. The second-order valence-corrected chi connectivity index (χ2v) is 9.77. The normalized spacial score (nSPS) is 16.7. The van der Waals surface area contributed by atoms with Crippen LogP contribution in [0.25, 0.3) is 0 Å². The van der Waals surface area contributed by atoms with Gasteiger partial charge in [-0.2, -0.15) is 0 Å². The summed E-state index contributed by atoms with van der Waals surface area (Å²) in [6, 6.07) is 15.9. The van der Waals surface area contributed by atoms with Crippen molar-refractivity contribution in [2.24, 2.45) is 0 Å². The maximum Gasteiger partial charge on any atom is 0.311 e. The van der Waals surface area contributed by atoms with Crippen molar-refractivity contribution in [2.75, 3.05) is 6.54 Å². The molecule has 0 amide bonds. The van der Waals surface area contributed by atoms with Crippen LogP contribution in [0.15, 0.2) is 48.5 Å². The smallest absolute Gasteiger partial charge is 0.311 e. The molecule has 2 unspecified atom stereocenters. The van der Waals surface area contributed by atoms with Gasteiger partial charge in [0.15, 0.2) is 11.5 Å². The van der Waals surface area contributed by atoms with E-state index in [2.05, 4.69) is 24.4 Å². The van der Waals surface area contributed by atoms with Crippen molar-refractivity contribution in [3.05, 3.63) is 59.1 Å². The van der Waals surface area contributed by atoms with Gasteiger partial charge in [-0.25, -0.2) is 0 Å². The first-order valence-electron chi connectivity index (χ1n) is 13.1. The summed E-state index contributed by atoms with van der Waals surface area (Å²) in [5.74, 6) is 0.728. The number of halogens is 1. The summed E-state index contributed by atoms with van der Waals surface area (Å²) in [6.45, 7) is 3.27. The summed E-state index contributed by atoms with van der Waals surface area (Å²) >= 11 is 6.24. The average Bonchev–Trinajstić information content (AvgIpc) is 2.86. The lowest BCUT2D eigenvalue weighted by Gasteiger charge is -2.29. The molecule has 34 heavy (non-hydrogen) atoms. The van der Waals surface area contributed by atoms with Gasteiger partial charge in [-0.05, 0) is 43.5 Å². The fourth-order valence-corrected chi connectivity index (χ4v) is 4.68. The van der Waals surface area contributed by atoms with E-state index in [1.807, 2.05) is 24.3 Å². The molecule has 1 saturated heterocycles. The van der Waals surface area contributed by atoms with Gasteiger partial charge in [0, 0.05) is 30.0 Å². The third-order valence-electron chi connectivity index (χ3n) is 6.47. The van der Waals surface area contributed by atoms with Crippen LogP contribution in [0.5, 0.6) is 11.5 Å². The molecule has 0 aliphatic carbocycles. The standard InChI is InChI=1S/C29H40ClNO3/c1-2-3-4-5-6-7-11-17-29(32)34-28-21-24(30)18-19-26(28)33-27(23-14-9-8-10-15-23)22-25-16-12-13-20-31-25/h8-10,14-15,18-19,21,25,27,31H,2-7,11-13,16-17,20,22H2,1H3.